The maximum atomic E-state index is 4.22. The zero-order chi connectivity index (χ0) is 6.69. The maximum Gasteiger partial charge on any atom is 0.00394 e. The summed E-state index contributed by atoms with van der Waals surface area (Å²) < 4.78 is 0. The summed E-state index contributed by atoms with van der Waals surface area (Å²) in [7, 11) is 0. The van der Waals surface area contributed by atoms with Crippen LogP contribution in [0, 0.1) is 0 Å². The molecule has 0 saturated heterocycles. The molecule has 0 bridgehead atoms. The van der Waals surface area contributed by atoms with Gasteiger partial charge in [-0.15, -0.1) is 12.6 Å². The maximum absolute atomic E-state index is 4.22. The minimum Gasteiger partial charge on any atom is -0.143 e. The smallest absolute Gasteiger partial charge is 0.00394 e. The minimum atomic E-state index is 1.04. The minimum absolute atomic E-state index is 1.04. The highest BCUT2D eigenvalue weighted by Gasteiger charge is 1.90. The quantitative estimate of drug-likeness (QED) is 0.489. The third-order valence-electron chi connectivity index (χ3n) is 1.24. The van der Waals surface area contributed by atoms with Crippen molar-refractivity contribution < 1.29 is 0 Å². The van der Waals surface area contributed by atoms with Crippen LogP contribution in [0.15, 0.2) is 34.8 Å². The molecule has 0 heterocycles. The first-order valence-corrected chi connectivity index (χ1v) is 3.47. The van der Waals surface area contributed by atoms with Gasteiger partial charge in [0.2, 0.25) is 0 Å². The lowest BCUT2D eigenvalue weighted by Gasteiger charge is -1.90. The topological polar surface area (TPSA) is 0 Å². The molecule has 0 radical (unpaired) electrons. The van der Waals surface area contributed by atoms with Crippen molar-refractivity contribution in [2.75, 3.05) is 0 Å². The Labute approximate surface area is 61.4 Å². The molecule has 0 aromatic carbocycles. The van der Waals surface area contributed by atoms with E-state index in [1.165, 1.54) is 5.57 Å². The Hall–Kier alpha value is -0.430. The molecule has 0 N–H and O–H groups in total. The van der Waals surface area contributed by atoms with Crippen molar-refractivity contribution in [2.45, 2.75) is 13.3 Å². The van der Waals surface area contributed by atoms with Crippen molar-refractivity contribution in [2.24, 2.45) is 0 Å². The number of hydrogen-bond acceptors (Lipinski definition) is 1. The van der Waals surface area contributed by atoms with Crippen molar-refractivity contribution in [3.63, 3.8) is 0 Å². The molecular weight excluding hydrogens is 128 g/mol. The van der Waals surface area contributed by atoms with Crippen LogP contribution in [0.25, 0.3) is 0 Å². The molecule has 0 spiro atoms. The molecule has 9 heavy (non-hydrogen) atoms. The molecule has 0 nitrogen and oxygen atoms in total. The molecule has 0 amide bonds. The van der Waals surface area contributed by atoms with Crippen LogP contribution in [-0.4, -0.2) is 0 Å². The highest BCUT2D eigenvalue weighted by Crippen LogP contribution is 2.13. The van der Waals surface area contributed by atoms with Gasteiger partial charge in [0.1, 0.15) is 0 Å². The van der Waals surface area contributed by atoms with Gasteiger partial charge >= 0.3 is 0 Å². The summed E-state index contributed by atoms with van der Waals surface area (Å²) in [4.78, 5) is 1.04. The third kappa shape index (κ3) is 2.10. The van der Waals surface area contributed by atoms with Gasteiger partial charge in [-0.1, -0.05) is 17.7 Å². The summed E-state index contributed by atoms with van der Waals surface area (Å²) in [6, 6.07) is 0. The van der Waals surface area contributed by atoms with Gasteiger partial charge in [0.15, 0.2) is 0 Å². The van der Waals surface area contributed by atoms with E-state index in [0.717, 1.165) is 11.3 Å². The van der Waals surface area contributed by atoms with Gasteiger partial charge in [0.25, 0.3) is 0 Å². The first kappa shape index (κ1) is 6.69. The zero-order valence-corrected chi connectivity index (χ0v) is 6.36. The lowest BCUT2D eigenvalue weighted by Crippen LogP contribution is -1.69. The largest absolute Gasteiger partial charge is 0.143 e. The lowest BCUT2D eigenvalue weighted by molar-refractivity contribution is 1.22. The fourth-order valence-corrected chi connectivity index (χ4v) is 1.09. The van der Waals surface area contributed by atoms with E-state index in [0.29, 0.717) is 0 Å². The van der Waals surface area contributed by atoms with Crippen molar-refractivity contribution in [1.82, 2.24) is 0 Å². The van der Waals surface area contributed by atoms with Gasteiger partial charge in [0.05, 0.1) is 0 Å². The van der Waals surface area contributed by atoms with Gasteiger partial charge in [-0.05, 0) is 25.5 Å². The summed E-state index contributed by atoms with van der Waals surface area (Å²) >= 11 is 4.22. The van der Waals surface area contributed by atoms with E-state index in [1.807, 2.05) is 12.2 Å². The van der Waals surface area contributed by atoms with Crippen LogP contribution in [0.5, 0.6) is 0 Å². The number of allylic oxidation sites excluding steroid dienone is 5. The third-order valence-corrected chi connectivity index (χ3v) is 1.52. The molecule has 0 aliphatic heterocycles. The fourth-order valence-electron chi connectivity index (χ4n) is 0.780. The Morgan fingerprint density at radius 2 is 2.33 bits per heavy atom. The Morgan fingerprint density at radius 1 is 1.56 bits per heavy atom. The van der Waals surface area contributed by atoms with E-state index in [9.17, 15) is 0 Å². The van der Waals surface area contributed by atoms with E-state index in [-0.39, 0.29) is 0 Å². The molecule has 0 atom stereocenters. The average Bonchev–Trinajstić information content (AvgIpc) is 1.93. The molecule has 1 rings (SSSR count). The summed E-state index contributed by atoms with van der Waals surface area (Å²) in [5, 5.41) is 0. The second-order valence-corrected chi connectivity index (χ2v) is 2.73. The first-order chi connectivity index (χ1) is 4.29. The molecule has 0 saturated carbocycles. The predicted molar refractivity (Wildman–Crippen MR) is 44.6 cm³/mol. The molecule has 0 fully saturated rings. The summed E-state index contributed by atoms with van der Waals surface area (Å²) in [6.45, 7) is 2.11. The van der Waals surface area contributed by atoms with E-state index in [1.54, 1.807) is 0 Å². The second kappa shape index (κ2) is 2.92. The fraction of sp³-hybridized carbons (Fsp3) is 0.250. The predicted octanol–water partition coefficient (Wildman–Crippen LogP) is 2.71. The van der Waals surface area contributed by atoms with Crippen molar-refractivity contribution in [3.8, 4) is 0 Å². The molecule has 0 aromatic rings. The van der Waals surface area contributed by atoms with E-state index < -0.39 is 0 Å². The summed E-state index contributed by atoms with van der Waals surface area (Å²) in [5.74, 6) is 0. The Kier molecular flexibility index (Phi) is 2.17. The number of rotatable bonds is 0. The monoisotopic (exact) mass is 138 g/mol. The molecule has 48 valence electrons. The average molecular weight is 138 g/mol. The molecule has 1 aliphatic carbocycles. The summed E-state index contributed by atoms with van der Waals surface area (Å²) in [5.41, 5.74) is 1.37. The van der Waals surface area contributed by atoms with Crippen LogP contribution in [0.2, 0.25) is 0 Å². The van der Waals surface area contributed by atoms with Crippen LogP contribution in [0.3, 0.4) is 0 Å². The normalized spacial score (nSPS) is 18.4. The van der Waals surface area contributed by atoms with Crippen LogP contribution < -0.4 is 0 Å². The molecule has 0 aromatic heterocycles. The van der Waals surface area contributed by atoms with E-state index in [2.05, 4.69) is 31.7 Å². The zero-order valence-electron chi connectivity index (χ0n) is 5.46. The standard InChI is InChI=1S/C8H10S/c1-7-4-2-3-5-8(9)6-7/h2-3,5-6,9H,4H2,1H3. The van der Waals surface area contributed by atoms with Crippen molar-refractivity contribution in [1.29, 1.82) is 0 Å². The van der Waals surface area contributed by atoms with Gasteiger partial charge in [-0.2, -0.15) is 0 Å². The number of hydrogen-bond donors (Lipinski definition) is 1. The van der Waals surface area contributed by atoms with Crippen molar-refractivity contribution in [3.05, 3.63) is 34.8 Å². The number of thiol groups is 1. The molecule has 1 heteroatoms. The highest BCUT2D eigenvalue weighted by atomic mass is 32.1. The molecule has 0 unspecified atom stereocenters. The van der Waals surface area contributed by atoms with Crippen molar-refractivity contribution >= 4 is 12.6 Å². The first-order valence-electron chi connectivity index (χ1n) is 3.02. The van der Waals surface area contributed by atoms with Gasteiger partial charge in [-0.25, -0.2) is 0 Å². The molecular formula is C8H10S. The van der Waals surface area contributed by atoms with Crippen LogP contribution in [-0.2, 0) is 0 Å². The summed E-state index contributed by atoms with van der Waals surface area (Å²) in [6.07, 6.45) is 9.31. The van der Waals surface area contributed by atoms with Crippen LogP contribution in [0.1, 0.15) is 13.3 Å². The van der Waals surface area contributed by atoms with E-state index >= 15 is 0 Å². The SMILES string of the molecule is CC1=CC(S)=CC=CC1. The lowest BCUT2D eigenvalue weighted by atomic mass is 10.2. The van der Waals surface area contributed by atoms with Crippen LogP contribution in [0.4, 0.5) is 0 Å². The second-order valence-electron chi connectivity index (χ2n) is 2.21. The van der Waals surface area contributed by atoms with Crippen LogP contribution >= 0.6 is 12.6 Å². The Morgan fingerprint density at radius 3 is 3.11 bits per heavy atom. The van der Waals surface area contributed by atoms with Gasteiger partial charge < -0.3 is 0 Å². The van der Waals surface area contributed by atoms with Gasteiger partial charge in [-0.3, -0.25) is 0 Å². The Balaban J connectivity index is 2.82. The highest BCUT2D eigenvalue weighted by molar-refractivity contribution is 7.84. The van der Waals surface area contributed by atoms with Gasteiger partial charge in [0, 0.05) is 4.91 Å². The molecule has 1 aliphatic rings. The van der Waals surface area contributed by atoms with E-state index in [4.69, 9.17) is 0 Å². The Bertz CT molecular complexity index is 185.